The van der Waals surface area contributed by atoms with Crippen LogP contribution in [-0.2, 0) is 0 Å². The maximum absolute atomic E-state index is 10.5. The minimum absolute atomic E-state index is 0.201. The van der Waals surface area contributed by atoms with E-state index in [1.54, 1.807) is 33.5 Å². The first-order chi connectivity index (χ1) is 9.12. The number of hydrogen-bond acceptors (Lipinski definition) is 4. The van der Waals surface area contributed by atoms with Gasteiger partial charge in [0, 0.05) is 11.6 Å². The van der Waals surface area contributed by atoms with Crippen LogP contribution >= 0.6 is 0 Å². The van der Waals surface area contributed by atoms with E-state index in [4.69, 9.17) is 14.2 Å². The van der Waals surface area contributed by atoms with Crippen molar-refractivity contribution >= 4 is 0 Å². The second kappa shape index (κ2) is 7.24. The number of hydrogen-bond donors (Lipinski definition) is 1. The van der Waals surface area contributed by atoms with Crippen LogP contribution < -0.4 is 14.2 Å². The Labute approximate surface area is 115 Å². The quantitative estimate of drug-likeness (QED) is 0.825. The minimum Gasteiger partial charge on any atom is -0.496 e. The van der Waals surface area contributed by atoms with E-state index in [2.05, 4.69) is 13.8 Å². The standard InChI is InChI=1S/C15H24O4/c1-6-10(7-2)15(16)11-8-13(18-4)14(19-5)9-12(11)17-3/h8-10,15-16H,6-7H2,1-5H3. The topological polar surface area (TPSA) is 47.9 Å². The van der Waals surface area contributed by atoms with Gasteiger partial charge in [0.05, 0.1) is 27.4 Å². The Balaban J connectivity index is 3.24. The minimum atomic E-state index is -0.565. The van der Waals surface area contributed by atoms with E-state index in [9.17, 15) is 5.11 Å². The third-order valence-electron chi connectivity index (χ3n) is 3.55. The molecule has 0 aliphatic rings. The maximum Gasteiger partial charge on any atom is 0.164 e. The molecule has 1 rings (SSSR count). The fourth-order valence-electron chi connectivity index (χ4n) is 2.27. The summed E-state index contributed by atoms with van der Waals surface area (Å²) in [6.45, 7) is 4.15. The number of aliphatic hydroxyl groups is 1. The van der Waals surface area contributed by atoms with Gasteiger partial charge in [-0.05, 0) is 12.0 Å². The third kappa shape index (κ3) is 3.32. The number of ether oxygens (including phenoxy) is 3. The monoisotopic (exact) mass is 268 g/mol. The Morgan fingerprint density at radius 3 is 1.79 bits per heavy atom. The van der Waals surface area contributed by atoms with Crippen molar-refractivity contribution in [2.24, 2.45) is 5.92 Å². The smallest absolute Gasteiger partial charge is 0.164 e. The first kappa shape index (κ1) is 15.6. The summed E-state index contributed by atoms with van der Waals surface area (Å²) in [4.78, 5) is 0. The summed E-state index contributed by atoms with van der Waals surface area (Å²) in [5.74, 6) is 2.02. The maximum atomic E-state index is 10.5. The van der Waals surface area contributed by atoms with Gasteiger partial charge < -0.3 is 19.3 Å². The van der Waals surface area contributed by atoms with Crippen LogP contribution in [0.25, 0.3) is 0 Å². The SMILES string of the molecule is CCC(CC)C(O)c1cc(OC)c(OC)cc1OC. The predicted molar refractivity (Wildman–Crippen MR) is 75.1 cm³/mol. The summed E-state index contributed by atoms with van der Waals surface area (Å²) >= 11 is 0. The molecule has 0 bridgehead atoms. The van der Waals surface area contributed by atoms with Crippen molar-refractivity contribution in [1.82, 2.24) is 0 Å². The summed E-state index contributed by atoms with van der Waals surface area (Å²) in [6.07, 6.45) is 1.26. The average Bonchev–Trinajstić information content (AvgIpc) is 2.46. The van der Waals surface area contributed by atoms with Crippen LogP contribution in [0.5, 0.6) is 17.2 Å². The Kier molecular flexibility index (Phi) is 5.96. The highest BCUT2D eigenvalue weighted by Gasteiger charge is 2.23. The molecule has 108 valence electrons. The summed E-state index contributed by atoms with van der Waals surface area (Å²) in [5, 5.41) is 10.5. The van der Waals surface area contributed by atoms with Crippen LogP contribution in [0.2, 0.25) is 0 Å². The number of aliphatic hydroxyl groups excluding tert-OH is 1. The van der Waals surface area contributed by atoms with Crippen molar-refractivity contribution in [1.29, 1.82) is 0 Å². The van der Waals surface area contributed by atoms with Gasteiger partial charge in [0.15, 0.2) is 11.5 Å². The van der Waals surface area contributed by atoms with E-state index in [0.717, 1.165) is 18.4 Å². The molecule has 1 aromatic rings. The molecule has 1 unspecified atom stereocenters. The molecule has 0 saturated heterocycles. The van der Waals surface area contributed by atoms with E-state index in [1.807, 2.05) is 0 Å². The lowest BCUT2D eigenvalue weighted by Gasteiger charge is -2.23. The molecule has 0 aliphatic heterocycles. The van der Waals surface area contributed by atoms with E-state index in [-0.39, 0.29) is 5.92 Å². The molecular weight excluding hydrogens is 244 g/mol. The lowest BCUT2D eigenvalue weighted by Crippen LogP contribution is -2.12. The molecule has 0 aromatic heterocycles. The fourth-order valence-corrected chi connectivity index (χ4v) is 2.27. The van der Waals surface area contributed by atoms with Gasteiger partial charge >= 0.3 is 0 Å². The molecule has 0 saturated carbocycles. The number of benzene rings is 1. The van der Waals surface area contributed by atoms with Crippen LogP contribution in [0.4, 0.5) is 0 Å². The molecule has 1 atom stereocenters. The van der Waals surface area contributed by atoms with Crippen LogP contribution in [0.1, 0.15) is 38.4 Å². The molecule has 0 fully saturated rings. The van der Waals surface area contributed by atoms with Crippen molar-refractivity contribution < 1.29 is 19.3 Å². The van der Waals surface area contributed by atoms with Crippen LogP contribution in [0.15, 0.2) is 12.1 Å². The van der Waals surface area contributed by atoms with Gasteiger partial charge in [-0.1, -0.05) is 26.7 Å². The molecule has 0 aliphatic carbocycles. The first-order valence-corrected chi connectivity index (χ1v) is 6.60. The van der Waals surface area contributed by atoms with Crippen LogP contribution in [0, 0.1) is 5.92 Å². The Morgan fingerprint density at radius 2 is 1.37 bits per heavy atom. The molecule has 0 radical (unpaired) electrons. The molecule has 1 N–H and O–H groups in total. The van der Waals surface area contributed by atoms with Gasteiger partial charge in [-0.15, -0.1) is 0 Å². The second-order valence-electron chi connectivity index (χ2n) is 4.47. The molecule has 0 spiro atoms. The van der Waals surface area contributed by atoms with Crippen molar-refractivity contribution in [3.8, 4) is 17.2 Å². The molecule has 4 heteroatoms. The highest BCUT2D eigenvalue weighted by Crippen LogP contribution is 2.40. The zero-order valence-electron chi connectivity index (χ0n) is 12.4. The van der Waals surface area contributed by atoms with Gasteiger partial charge in [0.1, 0.15) is 5.75 Å². The van der Waals surface area contributed by atoms with Gasteiger partial charge in [-0.25, -0.2) is 0 Å². The molecule has 19 heavy (non-hydrogen) atoms. The highest BCUT2D eigenvalue weighted by atomic mass is 16.5. The Bertz CT molecular complexity index is 399. The molecule has 4 nitrogen and oxygen atoms in total. The highest BCUT2D eigenvalue weighted by molar-refractivity contribution is 5.51. The van der Waals surface area contributed by atoms with Crippen molar-refractivity contribution in [2.45, 2.75) is 32.8 Å². The van der Waals surface area contributed by atoms with Crippen LogP contribution in [-0.4, -0.2) is 26.4 Å². The summed E-state index contributed by atoms with van der Waals surface area (Å²) in [7, 11) is 4.75. The molecule has 1 aromatic carbocycles. The zero-order valence-corrected chi connectivity index (χ0v) is 12.4. The van der Waals surface area contributed by atoms with Crippen molar-refractivity contribution in [3.05, 3.63) is 17.7 Å². The van der Waals surface area contributed by atoms with Gasteiger partial charge in [-0.2, -0.15) is 0 Å². The number of rotatable bonds is 7. The first-order valence-electron chi connectivity index (χ1n) is 6.60. The number of methoxy groups -OCH3 is 3. The average molecular weight is 268 g/mol. The molecular formula is C15H24O4. The van der Waals surface area contributed by atoms with E-state index < -0.39 is 6.10 Å². The lowest BCUT2D eigenvalue weighted by atomic mass is 9.90. The van der Waals surface area contributed by atoms with Crippen molar-refractivity contribution in [2.75, 3.05) is 21.3 Å². The summed E-state index contributed by atoms with van der Waals surface area (Å²) < 4.78 is 15.9. The zero-order chi connectivity index (χ0) is 14.4. The summed E-state index contributed by atoms with van der Waals surface area (Å²) in [5.41, 5.74) is 0.744. The lowest BCUT2D eigenvalue weighted by molar-refractivity contribution is 0.100. The third-order valence-corrected chi connectivity index (χ3v) is 3.55. The van der Waals surface area contributed by atoms with Crippen LogP contribution in [0.3, 0.4) is 0 Å². The fraction of sp³-hybridized carbons (Fsp3) is 0.600. The van der Waals surface area contributed by atoms with E-state index in [0.29, 0.717) is 17.2 Å². The van der Waals surface area contributed by atoms with Crippen molar-refractivity contribution in [3.63, 3.8) is 0 Å². The van der Waals surface area contributed by atoms with Gasteiger partial charge in [0.2, 0.25) is 0 Å². The Hall–Kier alpha value is -1.42. The second-order valence-corrected chi connectivity index (χ2v) is 4.47. The molecule has 0 heterocycles. The summed E-state index contributed by atoms with van der Waals surface area (Å²) in [6, 6.07) is 3.54. The van der Waals surface area contributed by atoms with E-state index in [1.165, 1.54) is 0 Å². The van der Waals surface area contributed by atoms with E-state index >= 15 is 0 Å². The van der Waals surface area contributed by atoms with Gasteiger partial charge in [-0.3, -0.25) is 0 Å². The predicted octanol–water partition coefficient (Wildman–Crippen LogP) is 3.18. The normalized spacial score (nSPS) is 12.4. The van der Waals surface area contributed by atoms with Gasteiger partial charge in [0.25, 0.3) is 0 Å². The largest absolute Gasteiger partial charge is 0.496 e. The molecule has 0 amide bonds. The Morgan fingerprint density at radius 1 is 0.895 bits per heavy atom.